The van der Waals surface area contributed by atoms with Crippen LogP contribution in [-0.2, 0) is 12.8 Å². The van der Waals surface area contributed by atoms with E-state index < -0.39 is 0 Å². The van der Waals surface area contributed by atoms with E-state index in [9.17, 15) is 0 Å². The fraction of sp³-hybridized carbons (Fsp3) is 0.333. The highest BCUT2D eigenvalue weighted by Gasteiger charge is 2.17. The summed E-state index contributed by atoms with van der Waals surface area (Å²) >= 11 is 4.27. The minimum absolute atomic E-state index is 0.333. The zero-order chi connectivity index (χ0) is 7.84. The van der Waals surface area contributed by atoms with E-state index in [-0.39, 0.29) is 0 Å². The van der Waals surface area contributed by atoms with Gasteiger partial charge in [-0.25, -0.2) is 0 Å². The molecular weight excluding hydrogens is 154 g/mol. The van der Waals surface area contributed by atoms with Crippen LogP contribution >= 0.6 is 12.6 Å². The lowest BCUT2D eigenvalue weighted by atomic mass is 10.1. The van der Waals surface area contributed by atoms with Gasteiger partial charge in [0.05, 0.1) is 0 Å². The van der Waals surface area contributed by atoms with Gasteiger partial charge in [-0.15, -0.1) is 12.6 Å². The van der Waals surface area contributed by atoms with E-state index in [0.29, 0.717) is 6.04 Å². The molecule has 0 aromatic heterocycles. The molecule has 0 aliphatic heterocycles. The summed E-state index contributed by atoms with van der Waals surface area (Å²) in [4.78, 5) is 1.04. The maximum Gasteiger partial charge on any atom is 0.0120 e. The van der Waals surface area contributed by atoms with Gasteiger partial charge in [0.2, 0.25) is 0 Å². The molecule has 1 nitrogen and oxygen atoms in total. The first-order chi connectivity index (χ1) is 5.25. The first-order valence-electron chi connectivity index (χ1n) is 3.82. The molecule has 0 bridgehead atoms. The highest BCUT2D eigenvalue weighted by Crippen LogP contribution is 2.23. The molecule has 0 heterocycles. The lowest BCUT2D eigenvalue weighted by molar-refractivity contribution is 0.721. The largest absolute Gasteiger partial charge is 0.327 e. The number of thiol groups is 1. The van der Waals surface area contributed by atoms with Crippen LogP contribution in [-0.4, -0.2) is 6.04 Å². The normalized spacial score (nSPS) is 21.8. The Hall–Kier alpha value is -0.470. The number of hydrogen-bond donors (Lipinski definition) is 2. The van der Waals surface area contributed by atoms with E-state index in [1.807, 2.05) is 6.07 Å². The Kier molecular flexibility index (Phi) is 1.66. The lowest BCUT2D eigenvalue weighted by Gasteiger charge is -1.97. The van der Waals surface area contributed by atoms with Gasteiger partial charge >= 0.3 is 0 Å². The third-order valence-corrected chi connectivity index (χ3v) is 2.43. The van der Waals surface area contributed by atoms with Crippen LogP contribution in [0.3, 0.4) is 0 Å². The number of benzene rings is 1. The standard InChI is InChI=1S/C9H11NS/c10-8-3-6-1-2-9(11)5-7(6)4-8/h1-2,5,8,11H,3-4,10H2. The predicted molar refractivity (Wildman–Crippen MR) is 49.1 cm³/mol. The molecule has 1 atom stereocenters. The highest BCUT2D eigenvalue weighted by molar-refractivity contribution is 7.80. The quantitative estimate of drug-likeness (QED) is 0.558. The molecule has 0 fully saturated rings. The summed E-state index contributed by atoms with van der Waals surface area (Å²) in [5.41, 5.74) is 8.59. The van der Waals surface area contributed by atoms with Crippen molar-refractivity contribution in [1.29, 1.82) is 0 Å². The average molecular weight is 165 g/mol. The molecule has 1 aliphatic rings. The van der Waals surface area contributed by atoms with Crippen LogP contribution in [0.1, 0.15) is 11.1 Å². The van der Waals surface area contributed by atoms with E-state index in [1.165, 1.54) is 11.1 Å². The zero-order valence-corrected chi connectivity index (χ0v) is 7.14. The topological polar surface area (TPSA) is 26.0 Å². The Morgan fingerprint density at radius 3 is 2.82 bits per heavy atom. The van der Waals surface area contributed by atoms with Gasteiger partial charge in [-0.2, -0.15) is 0 Å². The fourth-order valence-electron chi connectivity index (χ4n) is 1.64. The van der Waals surface area contributed by atoms with Crippen LogP contribution in [0.4, 0.5) is 0 Å². The Morgan fingerprint density at radius 2 is 2.00 bits per heavy atom. The van der Waals surface area contributed by atoms with Crippen molar-refractivity contribution in [3.63, 3.8) is 0 Å². The van der Waals surface area contributed by atoms with Crippen LogP contribution < -0.4 is 5.73 Å². The third-order valence-electron chi connectivity index (χ3n) is 2.15. The Labute approximate surface area is 72.0 Å². The Balaban J connectivity index is 2.43. The van der Waals surface area contributed by atoms with Crippen molar-refractivity contribution in [1.82, 2.24) is 0 Å². The molecule has 2 heteroatoms. The van der Waals surface area contributed by atoms with Crippen molar-refractivity contribution in [3.05, 3.63) is 29.3 Å². The van der Waals surface area contributed by atoms with Crippen LogP contribution in [0.2, 0.25) is 0 Å². The summed E-state index contributed by atoms with van der Waals surface area (Å²) in [5, 5.41) is 0. The molecule has 0 amide bonds. The molecule has 11 heavy (non-hydrogen) atoms. The van der Waals surface area contributed by atoms with E-state index in [2.05, 4.69) is 24.8 Å². The molecule has 1 aromatic rings. The number of hydrogen-bond acceptors (Lipinski definition) is 2. The maximum absolute atomic E-state index is 5.81. The molecule has 1 aromatic carbocycles. The number of rotatable bonds is 0. The van der Waals surface area contributed by atoms with Crippen LogP contribution in [0.25, 0.3) is 0 Å². The smallest absolute Gasteiger partial charge is 0.0120 e. The van der Waals surface area contributed by atoms with Gasteiger partial charge < -0.3 is 5.73 Å². The minimum Gasteiger partial charge on any atom is -0.327 e. The summed E-state index contributed by atoms with van der Waals surface area (Å²) < 4.78 is 0. The minimum atomic E-state index is 0.333. The van der Waals surface area contributed by atoms with Gasteiger partial charge in [-0.1, -0.05) is 6.07 Å². The van der Waals surface area contributed by atoms with Crippen LogP contribution in [0.15, 0.2) is 23.1 Å². The van der Waals surface area contributed by atoms with E-state index in [0.717, 1.165) is 17.7 Å². The van der Waals surface area contributed by atoms with E-state index in [4.69, 9.17) is 5.73 Å². The average Bonchev–Trinajstić information content (AvgIpc) is 2.27. The van der Waals surface area contributed by atoms with Crippen molar-refractivity contribution in [2.45, 2.75) is 23.8 Å². The van der Waals surface area contributed by atoms with Crippen molar-refractivity contribution < 1.29 is 0 Å². The predicted octanol–water partition coefficient (Wildman–Crippen LogP) is 1.40. The molecule has 2 rings (SSSR count). The monoisotopic (exact) mass is 165 g/mol. The van der Waals surface area contributed by atoms with E-state index in [1.54, 1.807) is 0 Å². The molecule has 58 valence electrons. The maximum atomic E-state index is 5.81. The van der Waals surface area contributed by atoms with Gasteiger partial charge in [0.1, 0.15) is 0 Å². The summed E-state index contributed by atoms with van der Waals surface area (Å²) in [6.07, 6.45) is 2.05. The van der Waals surface area contributed by atoms with Gasteiger partial charge in [-0.3, -0.25) is 0 Å². The fourth-order valence-corrected chi connectivity index (χ4v) is 1.87. The van der Waals surface area contributed by atoms with Crippen molar-refractivity contribution in [2.75, 3.05) is 0 Å². The molecule has 1 unspecified atom stereocenters. The zero-order valence-electron chi connectivity index (χ0n) is 6.25. The van der Waals surface area contributed by atoms with Gasteiger partial charge in [-0.05, 0) is 36.1 Å². The first kappa shape index (κ1) is 7.19. The molecule has 0 spiro atoms. The van der Waals surface area contributed by atoms with Crippen LogP contribution in [0, 0.1) is 0 Å². The Bertz CT molecular complexity index is 283. The second-order valence-corrected chi connectivity index (χ2v) is 3.64. The van der Waals surface area contributed by atoms with Crippen molar-refractivity contribution >= 4 is 12.6 Å². The van der Waals surface area contributed by atoms with E-state index >= 15 is 0 Å². The molecule has 0 saturated carbocycles. The second kappa shape index (κ2) is 2.54. The van der Waals surface area contributed by atoms with Gasteiger partial charge in [0, 0.05) is 10.9 Å². The highest BCUT2D eigenvalue weighted by atomic mass is 32.1. The molecule has 0 saturated heterocycles. The summed E-state index contributed by atoms with van der Waals surface area (Å²) in [5.74, 6) is 0. The molecular formula is C9H11NS. The lowest BCUT2D eigenvalue weighted by Crippen LogP contribution is -2.18. The van der Waals surface area contributed by atoms with Crippen molar-refractivity contribution in [2.24, 2.45) is 5.73 Å². The molecule has 1 aliphatic carbocycles. The summed E-state index contributed by atoms with van der Waals surface area (Å²) in [6, 6.07) is 6.61. The number of nitrogens with two attached hydrogens (primary N) is 1. The van der Waals surface area contributed by atoms with Crippen molar-refractivity contribution in [3.8, 4) is 0 Å². The van der Waals surface area contributed by atoms with Gasteiger partial charge in [0.25, 0.3) is 0 Å². The summed E-state index contributed by atoms with van der Waals surface area (Å²) in [7, 11) is 0. The first-order valence-corrected chi connectivity index (χ1v) is 4.27. The van der Waals surface area contributed by atoms with Gasteiger partial charge in [0.15, 0.2) is 0 Å². The molecule has 2 N–H and O–H groups in total. The SMILES string of the molecule is NC1Cc2ccc(S)cc2C1. The second-order valence-electron chi connectivity index (χ2n) is 3.12. The third kappa shape index (κ3) is 1.28. The summed E-state index contributed by atoms with van der Waals surface area (Å²) in [6.45, 7) is 0. The number of fused-ring (bicyclic) bond motifs is 1. The van der Waals surface area contributed by atoms with Crippen LogP contribution in [0.5, 0.6) is 0 Å². The molecule has 0 radical (unpaired) electrons. The Morgan fingerprint density at radius 1 is 1.27 bits per heavy atom.